The lowest BCUT2D eigenvalue weighted by Crippen LogP contribution is -2.13. The number of alkyl halides is 3. The molecular weight excluding hydrogens is 305 g/mol. The fourth-order valence-electron chi connectivity index (χ4n) is 1.13. The number of halogens is 4. The molecule has 0 spiro atoms. The van der Waals surface area contributed by atoms with Crippen LogP contribution in [0.3, 0.4) is 0 Å². The highest BCUT2D eigenvalue weighted by atomic mass is 79.9. The maximum Gasteiger partial charge on any atom is 0.435 e. The Hall–Kier alpha value is -1.64. The first-order chi connectivity index (χ1) is 7.89. The van der Waals surface area contributed by atoms with Crippen LogP contribution in [-0.4, -0.2) is 19.7 Å². The van der Waals surface area contributed by atoms with Gasteiger partial charge in [0.25, 0.3) is 5.56 Å². The first-order valence-electron chi connectivity index (χ1n) is 4.26. The van der Waals surface area contributed by atoms with Gasteiger partial charge >= 0.3 is 6.18 Å². The zero-order valence-corrected chi connectivity index (χ0v) is 9.58. The highest BCUT2D eigenvalue weighted by Crippen LogP contribution is 2.28. The highest BCUT2D eigenvalue weighted by Gasteiger charge is 2.33. The molecule has 2 aromatic rings. The van der Waals surface area contributed by atoms with Gasteiger partial charge in [-0.2, -0.15) is 18.3 Å². The maximum absolute atomic E-state index is 12.3. The van der Waals surface area contributed by atoms with Crippen molar-refractivity contribution in [3.63, 3.8) is 0 Å². The molecule has 0 saturated heterocycles. The summed E-state index contributed by atoms with van der Waals surface area (Å²) in [5.74, 6) is -0.00995. The van der Waals surface area contributed by atoms with Gasteiger partial charge in [-0.25, -0.2) is 9.67 Å². The zero-order chi connectivity index (χ0) is 12.6. The number of aromatic nitrogens is 4. The second-order valence-corrected chi connectivity index (χ2v) is 3.81. The van der Waals surface area contributed by atoms with E-state index in [0.29, 0.717) is 0 Å². The maximum atomic E-state index is 12.3. The monoisotopic (exact) mass is 308 g/mol. The Labute approximate surface area is 100 Å². The van der Waals surface area contributed by atoms with Gasteiger partial charge in [-0.3, -0.25) is 4.79 Å². The first-order valence-corrected chi connectivity index (χ1v) is 5.05. The smallest absolute Gasteiger partial charge is 0.312 e. The third kappa shape index (κ3) is 2.23. The van der Waals surface area contributed by atoms with E-state index in [0.717, 1.165) is 23.3 Å². The minimum absolute atomic E-state index is 0.00995. The van der Waals surface area contributed by atoms with Crippen LogP contribution < -0.4 is 5.56 Å². The van der Waals surface area contributed by atoms with Crippen molar-refractivity contribution >= 4 is 15.9 Å². The Morgan fingerprint density at radius 3 is 2.71 bits per heavy atom. The quantitative estimate of drug-likeness (QED) is 0.873. The lowest BCUT2D eigenvalue weighted by atomic mass is 10.4. The molecule has 0 bridgehead atoms. The van der Waals surface area contributed by atoms with Gasteiger partial charge < -0.3 is 4.98 Å². The van der Waals surface area contributed by atoms with Crippen LogP contribution in [0, 0.1) is 0 Å². The van der Waals surface area contributed by atoms with Crippen molar-refractivity contribution in [2.75, 3.05) is 0 Å². The van der Waals surface area contributed by atoms with Crippen molar-refractivity contribution in [1.29, 1.82) is 0 Å². The molecule has 90 valence electrons. The summed E-state index contributed by atoms with van der Waals surface area (Å²) in [6, 6.07) is 0.801. The first kappa shape index (κ1) is 11.8. The summed E-state index contributed by atoms with van der Waals surface area (Å²) in [7, 11) is 0. The molecule has 0 aliphatic heterocycles. The Bertz CT molecular complexity index is 603. The second-order valence-electron chi connectivity index (χ2n) is 3.01. The van der Waals surface area contributed by atoms with E-state index >= 15 is 0 Å². The molecule has 0 aromatic carbocycles. The zero-order valence-electron chi connectivity index (χ0n) is 7.99. The molecular formula is C8H4BrF3N4O. The lowest BCUT2D eigenvalue weighted by molar-refractivity contribution is -0.141. The normalized spacial score (nSPS) is 11.8. The van der Waals surface area contributed by atoms with Crippen LogP contribution in [0.1, 0.15) is 5.69 Å². The average molecular weight is 309 g/mol. The molecule has 17 heavy (non-hydrogen) atoms. The molecule has 0 radical (unpaired) electrons. The van der Waals surface area contributed by atoms with E-state index in [4.69, 9.17) is 0 Å². The molecule has 0 unspecified atom stereocenters. The summed E-state index contributed by atoms with van der Waals surface area (Å²) in [5.41, 5.74) is -1.55. The molecule has 9 heteroatoms. The Morgan fingerprint density at radius 1 is 1.41 bits per heavy atom. The third-order valence-corrected chi connectivity index (χ3v) is 2.59. The van der Waals surface area contributed by atoms with Gasteiger partial charge in [0.05, 0.1) is 6.33 Å². The van der Waals surface area contributed by atoms with Gasteiger partial charge in [-0.05, 0) is 22.0 Å². The topological polar surface area (TPSA) is 63.6 Å². The molecule has 0 aliphatic carbocycles. The molecule has 0 aliphatic rings. The molecule has 2 aromatic heterocycles. The van der Waals surface area contributed by atoms with Crippen LogP contribution in [0.5, 0.6) is 0 Å². The number of aromatic amines is 1. The van der Waals surface area contributed by atoms with Crippen LogP contribution in [0.15, 0.2) is 27.9 Å². The highest BCUT2D eigenvalue weighted by molar-refractivity contribution is 9.10. The molecule has 1 N–H and O–H groups in total. The fourth-order valence-corrected chi connectivity index (χ4v) is 1.52. The third-order valence-electron chi connectivity index (χ3n) is 1.87. The van der Waals surface area contributed by atoms with E-state index in [2.05, 4.69) is 31.0 Å². The van der Waals surface area contributed by atoms with Crippen LogP contribution in [0.4, 0.5) is 13.2 Å². The van der Waals surface area contributed by atoms with E-state index in [1.807, 2.05) is 0 Å². The summed E-state index contributed by atoms with van der Waals surface area (Å²) >= 11 is 2.93. The van der Waals surface area contributed by atoms with Crippen molar-refractivity contribution in [1.82, 2.24) is 19.7 Å². The van der Waals surface area contributed by atoms with Crippen molar-refractivity contribution in [2.24, 2.45) is 0 Å². The molecule has 0 saturated carbocycles. The average Bonchev–Trinajstić information content (AvgIpc) is 2.70. The Kier molecular flexibility index (Phi) is 2.77. The molecule has 2 rings (SSSR count). The number of nitrogens with one attached hydrogen (secondary N) is 1. The number of H-pyrrole nitrogens is 1. The predicted molar refractivity (Wildman–Crippen MR) is 54.7 cm³/mol. The second kappa shape index (κ2) is 3.99. The molecule has 2 heterocycles. The largest absolute Gasteiger partial charge is 0.435 e. The number of nitrogens with zero attached hydrogens (tertiary/aromatic N) is 3. The van der Waals surface area contributed by atoms with E-state index in [1.54, 1.807) is 0 Å². The van der Waals surface area contributed by atoms with E-state index in [-0.39, 0.29) is 10.3 Å². The minimum atomic E-state index is -4.53. The lowest BCUT2D eigenvalue weighted by Gasteiger charge is -2.03. The van der Waals surface area contributed by atoms with Gasteiger partial charge in [0.2, 0.25) is 0 Å². The van der Waals surface area contributed by atoms with Gasteiger partial charge in [-0.1, -0.05) is 0 Å². The van der Waals surface area contributed by atoms with Gasteiger partial charge in [0.1, 0.15) is 4.47 Å². The van der Waals surface area contributed by atoms with Crippen molar-refractivity contribution < 1.29 is 13.2 Å². The van der Waals surface area contributed by atoms with Gasteiger partial charge in [0.15, 0.2) is 11.5 Å². The molecule has 5 nitrogen and oxygen atoms in total. The summed E-state index contributed by atoms with van der Waals surface area (Å²) in [4.78, 5) is 17.2. The number of rotatable bonds is 1. The fraction of sp³-hybridized carbons (Fsp3) is 0.125. The minimum Gasteiger partial charge on any atom is -0.312 e. The molecule has 0 fully saturated rings. The van der Waals surface area contributed by atoms with Crippen LogP contribution in [-0.2, 0) is 6.18 Å². The predicted octanol–water partition coefficient (Wildman–Crippen LogP) is 1.74. The summed E-state index contributed by atoms with van der Waals surface area (Å²) in [6.45, 7) is 0. The summed E-state index contributed by atoms with van der Waals surface area (Å²) < 4.78 is 37.9. The van der Waals surface area contributed by atoms with Gasteiger partial charge in [0, 0.05) is 6.20 Å². The van der Waals surface area contributed by atoms with E-state index < -0.39 is 17.4 Å². The van der Waals surface area contributed by atoms with Crippen LogP contribution >= 0.6 is 15.9 Å². The van der Waals surface area contributed by atoms with Crippen LogP contribution in [0.25, 0.3) is 5.82 Å². The standard InChI is InChI=1S/C8H4BrF3N4O/c9-5-6(13-3-14-7(5)17)16-2-1-4(15-16)8(10,11)12/h1-3H,(H,13,14,17). The van der Waals surface area contributed by atoms with E-state index in [1.165, 1.54) is 0 Å². The van der Waals surface area contributed by atoms with Crippen LogP contribution in [0.2, 0.25) is 0 Å². The Morgan fingerprint density at radius 2 is 2.12 bits per heavy atom. The summed E-state index contributed by atoms with van der Waals surface area (Å²) in [6.07, 6.45) is -2.37. The van der Waals surface area contributed by atoms with Crippen molar-refractivity contribution in [3.05, 3.63) is 39.1 Å². The van der Waals surface area contributed by atoms with E-state index in [9.17, 15) is 18.0 Å². The number of hydrogen-bond acceptors (Lipinski definition) is 3. The SMILES string of the molecule is O=c1[nH]cnc(-n2ccc(C(F)(F)F)n2)c1Br. The Balaban J connectivity index is 2.52. The van der Waals surface area contributed by atoms with Gasteiger partial charge in [-0.15, -0.1) is 0 Å². The summed E-state index contributed by atoms with van der Waals surface area (Å²) in [5, 5.41) is 3.30. The molecule has 0 amide bonds. The molecule has 0 atom stereocenters. The van der Waals surface area contributed by atoms with Crippen molar-refractivity contribution in [3.8, 4) is 5.82 Å². The van der Waals surface area contributed by atoms with Crippen molar-refractivity contribution in [2.45, 2.75) is 6.18 Å². The number of hydrogen-bond donors (Lipinski definition) is 1.